The highest BCUT2D eigenvalue weighted by Crippen LogP contribution is 2.29. The van der Waals surface area contributed by atoms with Crippen LogP contribution in [-0.2, 0) is 0 Å². The van der Waals surface area contributed by atoms with Crippen molar-refractivity contribution in [1.29, 1.82) is 0 Å². The lowest BCUT2D eigenvalue weighted by molar-refractivity contribution is 0.460. The predicted octanol–water partition coefficient (Wildman–Crippen LogP) is 4.12. The second-order valence-corrected chi connectivity index (χ2v) is 5.00. The molecule has 1 aromatic carbocycles. The van der Waals surface area contributed by atoms with E-state index in [1.54, 1.807) is 24.4 Å². The third-order valence-corrected chi connectivity index (χ3v) is 3.03. The van der Waals surface area contributed by atoms with E-state index in [0.717, 1.165) is 4.47 Å². The molecule has 3 nitrogen and oxygen atoms in total. The molecule has 0 aliphatic carbocycles. The number of benzene rings is 1. The van der Waals surface area contributed by atoms with Gasteiger partial charge < -0.3 is 10.5 Å². The molecule has 0 radical (unpaired) electrons. The van der Waals surface area contributed by atoms with Gasteiger partial charge in [-0.3, -0.25) is 0 Å². The lowest BCUT2D eigenvalue weighted by Gasteiger charge is -2.07. The van der Waals surface area contributed by atoms with E-state index in [1.807, 2.05) is 0 Å². The normalized spacial score (nSPS) is 10.3. The zero-order chi connectivity index (χ0) is 12.4. The highest BCUT2D eigenvalue weighted by atomic mass is 79.9. The molecule has 0 saturated heterocycles. The van der Waals surface area contributed by atoms with Gasteiger partial charge >= 0.3 is 0 Å². The number of pyridine rings is 1. The molecule has 0 unspecified atom stereocenters. The van der Waals surface area contributed by atoms with E-state index < -0.39 is 5.82 Å². The lowest BCUT2D eigenvalue weighted by atomic mass is 10.3. The minimum atomic E-state index is -0.404. The molecule has 0 amide bonds. The van der Waals surface area contributed by atoms with Crippen LogP contribution < -0.4 is 10.5 Å². The molecule has 17 heavy (non-hydrogen) atoms. The number of nitrogens with zero attached hydrogens (tertiary/aromatic N) is 1. The van der Waals surface area contributed by atoms with Crippen molar-refractivity contribution >= 4 is 37.5 Å². The van der Waals surface area contributed by atoms with Gasteiger partial charge in [-0.1, -0.05) is 0 Å². The van der Waals surface area contributed by atoms with Gasteiger partial charge in [0.15, 0.2) is 0 Å². The number of nitrogen functional groups attached to an aromatic ring is 1. The first-order chi connectivity index (χ1) is 8.06. The summed E-state index contributed by atoms with van der Waals surface area (Å²) in [5.41, 5.74) is 6.09. The number of anilines is 1. The molecular weight excluding hydrogens is 355 g/mol. The first kappa shape index (κ1) is 12.3. The van der Waals surface area contributed by atoms with E-state index >= 15 is 0 Å². The van der Waals surface area contributed by atoms with Crippen molar-refractivity contribution in [3.05, 3.63) is 45.2 Å². The summed E-state index contributed by atoms with van der Waals surface area (Å²) in [4.78, 5) is 4.00. The van der Waals surface area contributed by atoms with Crippen molar-refractivity contribution < 1.29 is 9.13 Å². The van der Waals surface area contributed by atoms with Gasteiger partial charge in [-0.25, -0.2) is 9.37 Å². The summed E-state index contributed by atoms with van der Waals surface area (Å²) in [6.07, 6.45) is 1.56. The molecule has 0 atom stereocenters. The smallest absolute Gasteiger partial charge is 0.242 e. The maximum Gasteiger partial charge on any atom is 0.242 e. The van der Waals surface area contributed by atoms with Crippen LogP contribution in [0.15, 0.2) is 39.4 Å². The third-order valence-electron chi connectivity index (χ3n) is 1.95. The molecule has 88 valence electrons. The molecule has 0 spiro atoms. The number of ether oxygens (including phenoxy) is 1. The Morgan fingerprint density at radius 3 is 2.65 bits per heavy atom. The molecule has 1 aromatic heterocycles. The molecule has 0 saturated carbocycles. The largest absolute Gasteiger partial charge is 0.437 e. The highest BCUT2D eigenvalue weighted by Gasteiger charge is 2.06. The number of hydrogen-bond donors (Lipinski definition) is 1. The molecular formula is C11H7Br2FN2O. The van der Waals surface area contributed by atoms with Crippen LogP contribution >= 0.6 is 31.9 Å². The zero-order valence-corrected chi connectivity index (χ0v) is 11.6. The van der Waals surface area contributed by atoms with Gasteiger partial charge in [0.25, 0.3) is 0 Å². The fourth-order valence-corrected chi connectivity index (χ4v) is 1.78. The van der Waals surface area contributed by atoms with Gasteiger partial charge in [0.2, 0.25) is 5.88 Å². The summed E-state index contributed by atoms with van der Waals surface area (Å²) >= 11 is 6.30. The number of hydrogen-bond acceptors (Lipinski definition) is 3. The first-order valence-electron chi connectivity index (χ1n) is 4.60. The van der Waals surface area contributed by atoms with Crippen LogP contribution in [0.2, 0.25) is 0 Å². The second-order valence-electron chi connectivity index (χ2n) is 3.23. The van der Waals surface area contributed by atoms with Crippen molar-refractivity contribution in [2.24, 2.45) is 0 Å². The van der Waals surface area contributed by atoms with Crippen molar-refractivity contribution in [2.75, 3.05) is 5.73 Å². The predicted molar refractivity (Wildman–Crippen MR) is 70.5 cm³/mol. The van der Waals surface area contributed by atoms with E-state index in [-0.39, 0.29) is 5.88 Å². The monoisotopic (exact) mass is 360 g/mol. The fourth-order valence-electron chi connectivity index (χ4n) is 1.18. The van der Waals surface area contributed by atoms with E-state index in [9.17, 15) is 4.39 Å². The van der Waals surface area contributed by atoms with Gasteiger partial charge in [-0.15, -0.1) is 0 Å². The Balaban J connectivity index is 2.28. The maximum absolute atomic E-state index is 13.3. The number of rotatable bonds is 2. The highest BCUT2D eigenvalue weighted by molar-refractivity contribution is 9.10. The summed E-state index contributed by atoms with van der Waals surface area (Å²) in [5, 5.41) is 0. The van der Waals surface area contributed by atoms with Crippen molar-refractivity contribution in [3.63, 3.8) is 0 Å². The van der Waals surface area contributed by atoms with E-state index in [2.05, 4.69) is 36.8 Å². The van der Waals surface area contributed by atoms with Gasteiger partial charge in [0.05, 0.1) is 10.2 Å². The Labute approximate surface area is 114 Å². The minimum absolute atomic E-state index is 0.245. The van der Waals surface area contributed by atoms with E-state index in [0.29, 0.717) is 15.9 Å². The van der Waals surface area contributed by atoms with Gasteiger partial charge in [-0.2, -0.15) is 0 Å². The summed E-state index contributed by atoms with van der Waals surface area (Å²) in [6.45, 7) is 0. The fraction of sp³-hybridized carbons (Fsp3) is 0. The Morgan fingerprint density at radius 2 is 2.00 bits per heavy atom. The number of halogens is 3. The Morgan fingerprint density at radius 1 is 1.24 bits per heavy atom. The standard InChI is InChI=1S/C11H7Br2FN2O/c12-6-3-10(15)11(16-5-6)17-7-1-2-8(13)9(14)4-7/h1-5H,15H2. The van der Waals surface area contributed by atoms with Crippen LogP contribution in [-0.4, -0.2) is 4.98 Å². The molecule has 6 heteroatoms. The van der Waals surface area contributed by atoms with Crippen LogP contribution in [0.1, 0.15) is 0 Å². The molecule has 2 rings (SSSR count). The van der Waals surface area contributed by atoms with Crippen molar-refractivity contribution in [2.45, 2.75) is 0 Å². The molecule has 0 fully saturated rings. The summed E-state index contributed by atoms with van der Waals surface area (Å²) in [7, 11) is 0. The zero-order valence-electron chi connectivity index (χ0n) is 8.45. The average Bonchev–Trinajstić information content (AvgIpc) is 2.27. The second kappa shape index (κ2) is 5.01. The molecule has 2 N–H and O–H groups in total. The topological polar surface area (TPSA) is 48.1 Å². The van der Waals surface area contributed by atoms with Crippen molar-refractivity contribution in [1.82, 2.24) is 4.98 Å². The van der Waals surface area contributed by atoms with Gasteiger partial charge in [0, 0.05) is 16.7 Å². The van der Waals surface area contributed by atoms with Crippen LogP contribution in [0, 0.1) is 5.82 Å². The SMILES string of the molecule is Nc1cc(Br)cnc1Oc1ccc(Br)c(F)c1. The summed E-state index contributed by atoms with van der Waals surface area (Å²) in [6, 6.07) is 6.10. The molecule has 0 aliphatic rings. The Bertz CT molecular complexity index is 563. The van der Waals surface area contributed by atoms with Crippen LogP contribution in [0.5, 0.6) is 11.6 Å². The summed E-state index contributed by atoms with van der Waals surface area (Å²) in [5.74, 6) is 0.181. The number of nitrogens with two attached hydrogens (primary N) is 1. The lowest BCUT2D eigenvalue weighted by Crippen LogP contribution is -1.95. The quantitative estimate of drug-likeness (QED) is 0.875. The summed E-state index contributed by atoms with van der Waals surface area (Å²) < 4.78 is 19.8. The maximum atomic E-state index is 13.3. The van der Waals surface area contributed by atoms with Gasteiger partial charge in [-0.05, 0) is 50.1 Å². The molecule has 1 heterocycles. The molecule has 0 aliphatic heterocycles. The van der Waals surface area contributed by atoms with Gasteiger partial charge in [0.1, 0.15) is 11.6 Å². The minimum Gasteiger partial charge on any atom is -0.437 e. The third kappa shape index (κ3) is 2.95. The Hall–Kier alpha value is -1.14. The van der Waals surface area contributed by atoms with E-state index in [4.69, 9.17) is 10.5 Å². The molecule has 2 aromatic rings. The number of aromatic nitrogens is 1. The first-order valence-corrected chi connectivity index (χ1v) is 6.19. The van der Waals surface area contributed by atoms with Crippen molar-refractivity contribution in [3.8, 4) is 11.6 Å². The average molecular weight is 362 g/mol. The van der Waals surface area contributed by atoms with Crippen LogP contribution in [0.25, 0.3) is 0 Å². The Kier molecular flexibility index (Phi) is 3.63. The molecule has 0 bridgehead atoms. The van der Waals surface area contributed by atoms with Crippen LogP contribution in [0.4, 0.5) is 10.1 Å². The van der Waals surface area contributed by atoms with Crippen LogP contribution in [0.3, 0.4) is 0 Å². The van der Waals surface area contributed by atoms with E-state index in [1.165, 1.54) is 6.07 Å².